The Kier molecular flexibility index (Phi) is 5.87. The number of rotatable bonds is 1. The maximum atomic E-state index is 10.3. The highest BCUT2D eigenvalue weighted by Crippen LogP contribution is 2.13. The molecule has 5 heteroatoms. The number of carboxylic acids is 1. The lowest BCUT2D eigenvalue weighted by atomic mass is 10.2. The maximum Gasteiger partial charge on any atom is 0.337 e. The van der Waals surface area contributed by atoms with Crippen LogP contribution in [0.5, 0.6) is 0 Å². The van der Waals surface area contributed by atoms with Crippen molar-refractivity contribution in [2.75, 3.05) is 0 Å². The van der Waals surface area contributed by atoms with E-state index in [4.69, 9.17) is 21.8 Å². The Labute approximate surface area is 86.9 Å². The van der Waals surface area contributed by atoms with Gasteiger partial charge in [0.05, 0.1) is 16.8 Å². The molecule has 0 bridgehead atoms. The number of halogens is 1. The van der Waals surface area contributed by atoms with Crippen molar-refractivity contribution in [1.82, 2.24) is 0 Å². The number of hydrogen-bond donors (Lipinski definition) is 3. The lowest BCUT2D eigenvalue weighted by molar-refractivity contribution is 0.0697. The summed E-state index contributed by atoms with van der Waals surface area (Å²) < 4.78 is 0. The Bertz CT molecular complexity index is 299. The number of aliphatic hydroxyl groups excluding tert-OH is 1. The molecule has 1 aromatic carbocycles. The van der Waals surface area contributed by atoms with Gasteiger partial charge in [0.1, 0.15) is 0 Å². The van der Waals surface area contributed by atoms with Gasteiger partial charge in [0.25, 0.3) is 0 Å². The molecule has 0 spiro atoms. The van der Waals surface area contributed by atoms with Crippen LogP contribution >= 0.6 is 11.6 Å². The van der Waals surface area contributed by atoms with Crippen LogP contribution in [0.4, 0.5) is 0 Å². The maximum absolute atomic E-state index is 10.3. The standard InChI is InChI=1S/C7H5ClO2.C2H7NO/c8-6-4-2-1-3-5(6)7(9)10;1-2(3)4/h1-4H,(H,9,10);2,4H,3H2,1H3. The zero-order valence-corrected chi connectivity index (χ0v) is 8.40. The molecule has 0 amide bonds. The summed E-state index contributed by atoms with van der Waals surface area (Å²) in [6.45, 7) is 1.50. The predicted molar refractivity (Wildman–Crippen MR) is 54.3 cm³/mol. The molecule has 0 aromatic heterocycles. The molecule has 0 saturated carbocycles. The van der Waals surface area contributed by atoms with E-state index in [0.29, 0.717) is 0 Å². The van der Waals surface area contributed by atoms with Crippen LogP contribution in [-0.2, 0) is 0 Å². The number of nitrogens with two attached hydrogens (primary N) is 1. The normalized spacial score (nSPS) is 11.1. The van der Waals surface area contributed by atoms with Crippen molar-refractivity contribution < 1.29 is 15.0 Å². The van der Waals surface area contributed by atoms with E-state index in [9.17, 15) is 4.79 Å². The van der Waals surface area contributed by atoms with E-state index in [-0.39, 0.29) is 10.6 Å². The predicted octanol–water partition coefficient (Wildman–Crippen LogP) is 1.32. The Balaban J connectivity index is 0.000000364. The zero-order chi connectivity index (χ0) is 11.1. The van der Waals surface area contributed by atoms with Gasteiger partial charge in [-0.25, -0.2) is 4.79 Å². The third-order valence-electron chi connectivity index (χ3n) is 1.10. The monoisotopic (exact) mass is 217 g/mol. The molecule has 0 aliphatic heterocycles. The summed E-state index contributed by atoms with van der Waals surface area (Å²) in [6, 6.07) is 6.33. The first kappa shape index (κ1) is 12.9. The van der Waals surface area contributed by atoms with E-state index in [2.05, 4.69) is 5.73 Å². The summed E-state index contributed by atoms with van der Waals surface area (Å²) in [7, 11) is 0. The highest BCUT2D eigenvalue weighted by molar-refractivity contribution is 6.33. The molecule has 78 valence electrons. The average molecular weight is 218 g/mol. The van der Waals surface area contributed by atoms with Crippen molar-refractivity contribution in [2.45, 2.75) is 13.2 Å². The number of carbonyl (C=O) groups is 1. The van der Waals surface area contributed by atoms with E-state index in [1.807, 2.05) is 0 Å². The van der Waals surface area contributed by atoms with Crippen LogP contribution in [0.2, 0.25) is 5.02 Å². The Morgan fingerprint density at radius 2 is 1.93 bits per heavy atom. The fourth-order valence-corrected chi connectivity index (χ4v) is 0.851. The van der Waals surface area contributed by atoms with Crippen molar-refractivity contribution in [3.05, 3.63) is 34.9 Å². The quantitative estimate of drug-likeness (QED) is 0.620. The summed E-state index contributed by atoms with van der Waals surface area (Å²) in [5, 5.41) is 16.6. The molecule has 0 saturated heterocycles. The lowest BCUT2D eigenvalue weighted by Gasteiger charge is -1.94. The third kappa shape index (κ3) is 5.53. The minimum Gasteiger partial charge on any atom is -0.478 e. The second kappa shape index (κ2) is 6.37. The smallest absolute Gasteiger partial charge is 0.337 e. The second-order valence-electron chi connectivity index (χ2n) is 2.53. The van der Waals surface area contributed by atoms with Crippen molar-refractivity contribution in [2.24, 2.45) is 5.73 Å². The number of carboxylic acid groups (broad SMARTS) is 1. The van der Waals surface area contributed by atoms with Crippen LogP contribution in [0.25, 0.3) is 0 Å². The second-order valence-corrected chi connectivity index (χ2v) is 2.93. The van der Waals surface area contributed by atoms with Gasteiger partial charge >= 0.3 is 5.97 Å². The third-order valence-corrected chi connectivity index (χ3v) is 1.43. The molecule has 1 aromatic rings. The SMILES string of the molecule is CC(N)O.O=C(O)c1ccccc1Cl. The summed E-state index contributed by atoms with van der Waals surface area (Å²) in [5.41, 5.74) is 4.81. The van der Waals surface area contributed by atoms with Gasteiger partial charge < -0.3 is 15.9 Å². The Morgan fingerprint density at radius 3 is 2.21 bits per heavy atom. The number of benzene rings is 1. The molecular formula is C9H12ClNO3. The van der Waals surface area contributed by atoms with Crippen molar-refractivity contribution in [1.29, 1.82) is 0 Å². The molecular weight excluding hydrogens is 206 g/mol. The van der Waals surface area contributed by atoms with E-state index >= 15 is 0 Å². The van der Waals surface area contributed by atoms with Crippen LogP contribution in [0.3, 0.4) is 0 Å². The molecule has 1 rings (SSSR count). The van der Waals surface area contributed by atoms with Gasteiger partial charge in [0, 0.05) is 0 Å². The first-order valence-corrected chi connectivity index (χ1v) is 4.24. The van der Waals surface area contributed by atoms with Crippen molar-refractivity contribution in [3.8, 4) is 0 Å². The van der Waals surface area contributed by atoms with Crippen molar-refractivity contribution >= 4 is 17.6 Å². The molecule has 0 aliphatic rings. The fourth-order valence-electron chi connectivity index (χ4n) is 0.635. The van der Waals surface area contributed by atoms with E-state index < -0.39 is 12.2 Å². The van der Waals surface area contributed by atoms with Gasteiger partial charge in [0.2, 0.25) is 0 Å². The van der Waals surface area contributed by atoms with Gasteiger partial charge in [-0.05, 0) is 19.1 Å². The van der Waals surface area contributed by atoms with Gasteiger partial charge in [-0.1, -0.05) is 23.7 Å². The molecule has 0 heterocycles. The van der Waals surface area contributed by atoms with Gasteiger partial charge in [-0.15, -0.1) is 0 Å². The zero-order valence-electron chi connectivity index (χ0n) is 7.64. The van der Waals surface area contributed by atoms with Crippen LogP contribution in [-0.4, -0.2) is 22.4 Å². The van der Waals surface area contributed by atoms with Crippen molar-refractivity contribution in [3.63, 3.8) is 0 Å². The molecule has 14 heavy (non-hydrogen) atoms. The Hall–Kier alpha value is -1.10. The first-order valence-electron chi connectivity index (χ1n) is 3.86. The molecule has 0 radical (unpaired) electrons. The molecule has 4 nitrogen and oxygen atoms in total. The number of aromatic carboxylic acids is 1. The largest absolute Gasteiger partial charge is 0.478 e. The summed E-state index contributed by atoms with van der Waals surface area (Å²) in [5.74, 6) is -0.995. The first-order chi connectivity index (χ1) is 6.45. The average Bonchev–Trinajstić information content (AvgIpc) is 2.03. The summed E-state index contributed by atoms with van der Waals surface area (Å²) >= 11 is 5.54. The van der Waals surface area contributed by atoms with Crippen LogP contribution in [0.15, 0.2) is 24.3 Å². The highest BCUT2D eigenvalue weighted by atomic mass is 35.5. The van der Waals surface area contributed by atoms with Crippen LogP contribution in [0, 0.1) is 0 Å². The summed E-state index contributed by atoms with van der Waals surface area (Å²) in [4.78, 5) is 10.3. The highest BCUT2D eigenvalue weighted by Gasteiger charge is 2.04. The Morgan fingerprint density at radius 1 is 1.50 bits per heavy atom. The summed E-state index contributed by atoms with van der Waals surface area (Å²) in [6.07, 6.45) is -0.667. The van der Waals surface area contributed by atoms with Crippen LogP contribution in [0.1, 0.15) is 17.3 Å². The van der Waals surface area contributed by atoms with Crippen LogP contribution < -0.4 is 5.73 Å². The molecule has 0 aliphatic carbocycles. The van der Waals surface area contributed by atoms with Gasteiger partial charge in [-0.3, -0.25) is 0 Å². The minimum atomic E-state index is -0.995. The molecule has 1 unspecified atom stereocenters. The van der Waals surface area contributed by atoms with Gasteiger partial charge in [-0.2, -0.15) is 0 Å². The lowest BCUT2D eigenvalue weighted by Crippen LogP contribution is -2.11. The van der Waals surface area contributed by atoms with E-state index in [0.717, 1.165) is 0 Å². The van der Waals surface area contributed by atoms with E-state index in [1.165, 1.54) is 13.0 Å². The number of aliphatic hydroxyl groups is 1. The fraction of sp³-hybridized carbons (Fsp3) is 0.222. The molecule has 1 atom stereocenters. The molecule has 0 fully saturated rings. The number of hydrogen-bond acceptors (Lipinski definition) is 3. The van der Waals surface area contributed by atoms with E-state index in [1.54, 1.807) is 18.2 Å². The topological polar surface area (TPSA) is 83.5 Å². The molecule has 4 N–H and O–H groups in total. The van der Waals surface area contributed by atoms with Gasteiger partial charge in [0.15, 0.2) is 0 Å². The minimum absolute atomic E-state index is 0.143.